The van der Waals surface area contributed by atoms with Crippen LogP contribution in [0.2, 0.25) is 10.0 Å². The number of nitrogens with one attached hydrogen (secondary N) is 2. The summed E-state index contributed by atoms with van der Waals surface area (Å²) in [6.45, 7) is 1.27. The first-order chi connectivity index (χ1) is 13.9. The van der Waals surface area contributed by atoms with Crippen LogP contribution in [0.1, 0.15) is 6.92 Å². The fourth-order valence-electron chi connectivity index (χ4n) is 2.55. The molecular weight excluding hydrogens is 415 g/mol. The van der Waals surface area contributed by atoms with E-state index in [1.165, 1.54) is 13.0 Å². The van der Waals surface area contributed by atoms with Crippen LogP contribution in [0.15, 0.2) is 60.7 Å². The molecule has 0 spiro atoms. The summed E-state index contributed by atoms with van der Waals surface area (Å²) < 4.78 is 11.1. The third kappa shape index (κ3) is 5.53. The number of hydrogen-bond acceptors (Lipinski definition) is 4. The van der Waals surface area contributed by atoms with E-state index in [9.17, 15) is 9.59 Å². The van der Waals surface area contributed by atoms with E-state index in [1.807, 2.05) is 36.4 Å². The second kappa shape index (κ2) is 9.49. The zero-order valence-corrected chi connectivity index (χ0v) is 17.0. The monoisotopic (exact) mass is 432 g/mol. The summed E-state index contributed by atoms with van der Waals surface area (Å²) in [5, 5.41) is 2.64. The fourth-order valence-corrected chi connectivity index (χ4v) is 3.00. The lowest BCUT2D eigenvalue weighted by molar-refractivity contribution is -0.133. The van der Waals surface area contributed by atoms with Crippen LogP contribution in [-0.4, -0.2) is 24.5 Å². The predicted molar refractivity (Wildman–Crippen MR) is 112 cm³/mol. The minimum atomic E-state index is -0.895. The van der Waals surface area contributed by atoms with E-state index < -0.39 is 17.9 Å². The zero-order chi connectivity index (χ0) is 20.8. The standard InChI is InChI=1S/C21H18Cl2N2O4/c1-13(29-19-10-9-15(22)11-17(19)23)21(27)25-24-20(26)12-28-18-8-4-6-14-5-2-3-7-16(14)18/h2-11,13H,12H2,1H3,(H,24,26)(H,25,27)/t13-/m0/s1. The number of carbonyl (C=O) groups is 2. The van der Waals surface area contributed by atoms with Crippen molar-refractivity contribution in [2.45, 2.75) is 13.0 Å². The molecule has 2 N–H and O–H groups in total. The normalized spacial score (nSPS) is 11.6. The first-order valence-corrected chi connectivity index (χ1v) is 9.50. The highest BCUT2D eigenvalue weighted by atomic mass is 35.5. The Kier molecular flexibility index (Phi) is 6.80. The van der Waals surface area contributed by atoms with Gasteiger partial charge in [-0.15, -0.1) is 0 Å². The molecule has 0 aliphatic carbocycles. The molecule has 3 aromatic rings. The van der Waals surface area contributed by atoms with Gasteiger partial charge in [0, 0.05) is 10.4 Å². The Hall–Kier alpha value is -2.96. The van der Waals surface area contributed by atoms with Crippen molar-refractivity contribution in [1.29, 1.82) is 0 Å². The van der Waals surface area contributed by atoms with E-state index in [0.717, 1.165) is 10.8 Å². The molecule has 0 saturated carbocycles. The number of benzene rings is 3. The lowest BCUT2D eigenvalue weighted by Gasteiger charge is -2.16. The van der Waals surface area contributed by atoms with Crippen LogP contribution in [-0.2, 0) is 9.59 Å². The second-order valence-corrected chi connectivity index (χ2v) is 6.98. The van der Waals surface area contributed by atoms with Gasteiger partial charge in [-0.1, -0.05) is 59.6 Å². The van der Waals surface area contributed by atoms with E-state index in [-0.39, 0.29) is 11.6 Å². The number of rotatable bonds is 6. The summed E-state index contributed by atoms with van der Waals surface area (Å²) in [5.41, 5.74) is 4.59. The smallest absolute Gasteiger partial charge is 0.279 e. The topological polar surface area (TPSA) is 76.7 Å². The van der Waals surface area contributed by atoms with Gasteiger partial charge in [0.2, 0.25) is 0 Å². The number of hydrazine groups is 1. The molecular formula is C21H18Cl2N2O4. The fraction of sp³-hybridized carbons (Fsp3) is 0.143. The number of amides is 2. The summed E-state index contributed by atoms with van der Waals surface area (Å²) >= 11 is 11.8. The van der Waals surface area contributed by atoms with Crippen LogP contribution in [0.3, 0.4) is 0 Å². The first-order valence-electron chi connectivity index (χ1n) is 8.75. The SMILES string of the molecule is C[C@H](Oc1ccc(Cl)cc1Cl)C(=O)NNC(=O)COc1cccc2ccccc12. The molecule has 0 unspecified atom stereocenters. The Morgan fingerprint density at radius 3 is 2.52 bits per heavy atom. The van der Waals surface area contributed by atoms with Crippen molar-refractivity contribution in [3.05, 3.63) is 70.7 Å². The van der Waals surface area contributed by atoms with E-state index in [0.29, 0.717) is 16.5 Å². The van der Waals surface area contributed by atoms with Gasteiger partial charge in [0.1, 0.15) is 11.5 Å². The summed E-state index contributed by atoms with van der Waals surface area (Å²) in [7, 11) is 0. The average molecular weight is 433 g/mol. The highest BCUT2D eigenvalue weighted by Gasteiger charge is 2.17. The molecule has 0 radical (unpaired) electrons. The molecule has 0 bridgehead atoms. The molecule has 6 nitrogen and oxygen atoms in total. The molecule has 3 rings (SSSR count). The molecule has 1 atom stereocenters. The molecule has 2 amide bonds. The number of hydrogen-bond donors (Lipinski definition) is 2. The maximum absolute atomic E-state index is 12.1. The van der Waals surface area contributed by atoms with E-state index in [4.69, 9.17) is 32.7 Å². The van der Waals surface area contributed by atoms with Gasteiger partial charge in [0.15, 0.2) is 12.7 Å². The highest BCUT2D eigenvalue weighted by Crippen LogP contribution is 2.28. The predicted octanol–water partition coefficient (Wildman–Crippen LogP) is 4.14. The Morgan fingerprint density at radius 1 is 0.966 bits per heavy atom. The second-order valence-electron chi connectivity index (χ2n) is 6.14. The number of fused-ring (bicyclic) bond motifs is 1. The van der Waals surface area contributed by atoms with Gasteiger partial charge in [0.05, 0.1) is 5.02 Å². The Bertz CT molecular complexity index is 1040. The quantitative estimate of drug-likeness (QED) is 0.573. The van der Waals surface area contributed by atoms with Gasteiger partial charge in [-0.2, -0.15) is 0 Å². The van der Waals surface area contributed by atoms with Crippen LogP contribution in [0, 0.1) is 0 Å². The summed E-state index contributed by atoms with van der Waals surface area (Å²) in [6, 6.07) is 17.9. The maximum Gasteiger partial charge on any atom is 0.279 e. The van der Waals surface area contributed by atoms with Gasteiger partial charge in [0.25, 0.3) is 11.8 Å². The van der Waals surface area contributed by atoms with E-state index >= 15 is 0 Å². The molecule has 150 valence electrons. The van der Waals surface area contributed by atoms with E-state index in [1.54, 1.807) is 18.2 Å². The zero-order valence-electron chi connectivity index (χ0n) is 15.4. The van der Waals surface area contributed by atoms with Gasteiger partial charge in [-0.05, 0) is 36.6 Å². The summed E-state index contributed by atoms with van der Waals surface area (Å²) in [5.74, 6) is -0.166. The minimum Gasteiger partial charge on any atom is -0.483 e. The molecule has 0 heterocycles. The van der Waals surface area contributed by atoms with Gasteiger partial charge in [-0.25, -0.2) is 0 Å². The Balaban J connectivity index is 1.49. The lowest BCUT2D eigenvalue weighted by Crippen LogP contribution is -2.48. The van der Waals surface area contributed by atoms with Gasteiger partial charge < -0.3 is 9.47 Å². The third-order valence-corrected chi connectivity index (χ3v) is 4.53. The minimum absolute atomic E-state index is 0.257. The van der Waals surface area contributed by atoms with Crippen LogP contribution < -0.4 is 20.3 Å². The van der Waals surface area contributed by atoms with Crippen molar-refractivity contribution >= 4 is 45.8 Å². The van der Waals surface area contributed by atoms with Crippen LogP contribution in [0.4, 0.5) is 0 Å². The molecule has 29 heavy (non-hydrogen) atoms. The van der Waals surface area contributed by atoms with Crippen LogP contribution in [0.25, 0.3) is 10.8 Å². The van der Waals surface area contributed by atoms with Crippen LogP contribution in [0.5, 0.6) is 11.5 Å². The summed E-state index contributed by atoms with van der Waals surface area (Å²) in [6.07, 6.45) is -0.895. The molecule has 0 aromatic heterocycles. The van der Waals surface area contributed by atoms with Gasteiger partial charge in [-0.3, -0.25) is 20.4 Å². The molecule has 0 aliphatic rings. The number of ether oxygens (including phenoxy) is 2. The van der Waals surface area contributed by atoms with Crippen molar-refractivity contribution < 1.29 is 19.1 Å². The van der Waals surface area contributed by atoms with Gasteiger partial charge >= 0.3 is 0 Å². The highest BCUT2D eigenvalue weighted by molar-refractivity contribution is 6.35. The average Bonchev–Trinajstić information content (AvgIpc) is 2.72. The summed E-state index contributed by atoms with van der Waals surface area (Å²) in [4.78, 5) is 24.1. The van der Waals surface area contributed by atoms with Crippen molar-refractivity contribution in [1.82, 2.24) is 10.9 Å². The largest absolute Gasteiger partial charge is 0.483 e. The molecule has 0 fully saturated rings. The van der Waals surface area contributed by atoms with Crippen molar-refractivity contribution in [3.8, 4) is 11.5 Å². The molecule has 0 saturated heterocycles. The third-order valence-electron chi connectivity index (χ3n) is 4.00. The Morgan fingerprint density at radius 2 is 1.72 bits per heavy atom. The first kappa shape index (κ1) is 20.8. The molecule has 0 aliphatic heterocycles. The van der Waals surface area contributed by atoms with E-state index in [2.05, 4.69) is 10.9 Å². The van der Waals surface area contributed by atoms with Crippen LogP contribution >= 0.6 is 23.2 Å². The maximum atomic E-state index is 12.1. The molecule has 8 heteroatoms. The number of carbonyl (C=O) groups excluding carboxylic acids is 2. The molecule has 3 aromatic carbocycles. The Labute approximate surface area is 177 Å². The van der Waals surface area contributed by atoms with Crippen molar-refractivity contribution in [2.75, 3.05) is 6.61 Å². The van der Waals surface area contributed by atoms with Crippen molar-refractivity contribution in [3.63, 3.8) is 0 Å². The number of halogens is 2. The van der Waals surface area contributed by atoms with Crippen molar-refractivity contribution in [2.24, 2.45) is 0 Å². The lowest BCUT2D eigenvalue weighted by atomic mass is 10.1.